The summed E-state index contributed by atoms with van der Waals surface area (Å²) in [4.78, 5) is 26.0. The van der Waals surface area contributed by atoms with E-state index in [1.165, 1.54) is 7.05 Å². The molecule has 5 nitrogen and oxygen atoms in total. The van der Waals surface area contributed by atoms with Crippen molar-refractivity contribution in [2.24, 2.45) is 11.1 Å². The Morgan fingerprint density at radius 1 is 1.23 bits per heavy atom. The molecule has 3 amide bonds. The number of nitrogens with two attached hydrogens (primary N) is 1. The monoisotopic (exact) mass is 319 g/mol. The first-order valence-corrected chi connectivity index (χ1v) is 7.51. The van der Waals surface area contributed by atoms with Crippen LogP contribution in [0.2, 0.25) is 0 Å². The molecule has 2 spiro atoms. The van der Waals surface area contributed by atoms with Gasteiger partial charge in [-0.2, -0.15) is 13.2 Å². The fourth-order valence-electron chi connectivity index (χ4n) is 4.41. The summed E-state index contributed by atoms with van der Waals surface area (Å²) in [7, 11) is 1.25. The highest BCUT2D eigenvalue weighted by Crippen LogP contribution is 2.61. The van der Waals surface area contributed by atoms with E-state index in [0.717, 1.165) is 35.5 Å². The highest BCUT2D eigenvalue weighted by atomic mass is 19.4. The maximum absolute atomic E-state index is 12.8. The summed E-state index contributed by atoms with van der Waals surface area (Å²) < 4.78 is 38.4. The number of carbonyl (C=O) groups is 2. The minimum atomic E-state index is -4.51. The molecule has 3 fully saturated rings. The number of likely N-dealkylation sites (N-methyl/N-ethyl adjacent to an activating group) is 1. The molecule has 1 saturated heterocycles. The van der Waals surface area contributed by atoms with Crippen LogP contribution in [0.5, 0.6) is 0 Å². The number of hydrogen-bond donors (Lipinski definition) is 1. The van der Waals surface area contributed by atoms with Crippen molar-refractivity contribution in [1.29, 1.82) is 0 Å². The van der Waals surface area contributed by atoms with Gasteiger partial charge in [-0.05, 0) is 43.9 Å². The molecule has 8 heteroatoms. The molecule has 0 atom stereocenters. The van der Waals surface area contributed by atoms with E-state index in [9.17, 15) is 22.8 Å². The van der Waals surface area contributed by atoms with Gasteiger partial charge in [0.1, 0.15) is 12.1 Å². The number of amides is 3. The molecule has 0 aromatic rings. The third-order valence-electron chi connectivity index (χ3n) is 5.50. The van der Waals surface area contributed by atoms with Crippen molar-refractivity contribution in [3.63, 3.8) is 0 Å². The van der Waals surface area contributed by atoms with Crippen molar-refractivity contribution < 1.29 is 22.8 Å². The van der Waals surface area contributed by atoms with Gasteiger partial charge in [0.25, 0.3) is 5.91 Å². The van der Waals surface area contributed by atoms with E-state index in [2.05, 4.69) is 0 Å². The summed E-state index contributed by atoms with van der Waals surface area (Å²) in [5, 5.41) is 0. The molecule has 0 aromatic carbocycles. The van der Waals surface area contributed by atoms with Gasteiger partial charge in [-0.15, -0.1) is 0 Å². The van der Waals surface area contributed by atoms with E-state index in [4.69, 9.17) is 5.73 Å². The molecule has 0 bridgehead atoms. The van der Waals surface area contributed by atoms with E-state index in [1.807, 2.05) is 0 Å². The van der Waals surface area contributed by atoms with Crippen LogP contribution >= 0.6 is 0 Å². The molecule has 0 aromatic heterocycles. The first-order valence-electron chi connectivity index (χ1n) is 7.51. The quantitative estimate of drug-likeness (QED) is 0.750. The molecule has 22 heavy (non-hydrogen) atoms. The van der Waals surface area contributed by atoms with Gasteiger partial charge >= 0.3 is 12.2 Å². The zero-order valence-electron chi connectivity index (χ0n) is 12.4. The highest BCUT2D eigenvalue weighted by molar-refractivity contribution is 6.07. The van der Waals surface area contributed by atoms with Crippen molar-refractivity contribution in [3.8, 4) is 0 Å². The van der Waals surface area contributed by atoms with Gasteiger partial charge in [-0.3, -0.25) is 9.69 Å². The summed E-state index contributed by atoms with van der Waals surface area (Å²) in [6, 6.07) is -0.707. The lowest BCUT2D eigenvalue weighted by atomic mass is 9.51. The largest absolute Gasteiger partial charge is 0.406 e. The number of alkyl halides is 3. The molecule has 2 N–H and O–H groups in total. The van der Waals surface area contributed by atoms with Crippen LogP contribution in [0.1, 0.15) is 38.5 Å². The number of urea groups is 1. The summed E-state index contributed by atoms with van der Waals surface area (Å²) in [6.07, 6.45) is -0.552. The molecule has 1 aliphatic heterocycles. The van der Waals surface area contributed by atoms with Crippen LogP contribution in [0.15, 0.2) is 0 Å². The molecular weight excluding hydrogens is 299 g/mol. The molecule has 0 unspecified atom stereocenters. The number of carbonyl (C=O) groups excluding carboxylic acids is 2. The highest BCUT2D eigenvalue weighted by Gasteiger charge is 2.68. The van der Waals surface area contributed by atoms with E-state index < -0.39 is 30.2 Å². The Hall–Kier alpha value is -1.31. The molecule has 2 aliphatic carbocycles. The maximum atomic E-state index is 12.8. The van der Waals surface area contributed by atoms with Crippen LogP contribution in [0, 0.1) is 5.41 Å². The van der Waals surface area contributed by atoms with E-state index in [-0.39, 0.29) is 11.5 Å². The summed E-state index contributed by atoms with van der Waals surface area (Å²) in [6.45, 7) is -1.36. The average Bonchev–Trinajstić information content (AvgIpc) is 2.55. The van der Waals surface area contributed by atoms with Gasteiger partial charge in [0, 0.05) is 13.1 Å². The summed E-state index contributed by atoms with van der Waals surface area (Å²) in [5.41, 5.74) is 4.46. The Labute approximate surface area is 126 Å². The van der Waals surface area contributed by atoms with Crippen molar-refractivity contribution in [3.05, 3.63) is 0 Å². The van der Waals surface area contributed by atoms with Crippen LogP contribution in [0.4, 0.5) is 18.0 Å². The lowest BCUT2D eigenvalue weighted by Crippen LogP contribution is -2.65. The minimum Gasteiger partial charge on any atom is -0.328 e. The molecule has 2 saturated carbocycles. The SMILES string of the molecule is CN1C(=O)N(CC(F)(F)F)C2(CC3(CCC(N)CC3)C2)C1=O. The van der Waals surface area contributed by atoms with Gasteiger partial charge in [0.2, 0.25) is 0 Å². The van der Waals surface area contributed by atoms with Crippen LogP contribution in [-0.4, -0.2) is 53.1 Å². The second-order valence-electron chi connectivity index (χ2n) is 7.07. The smallest absolute Gasteiger partial charge is 0.328 e. The normalized spacial score (nSPS) is 39.0. The average molecular weight is 319 g/mol. The van der Waals surface area contributed by atoms with Gasteiger partial charge in [0.05, 0.1) is 0 Å². The van der Waals surface area contributed by atoms with Crippen molar-refractivity contribution in [2.45, 2.75) is 56.3 Å². The summed E-state index contributed by atoms with van der Waals surface area (Å²) >= 11 is 0. The molecular formula is C14H20F3N3O2. The first-order chi connectivity index (χ1) is 10.1. The number of rotatable bonds is 1. The van der Waals surface area contributed by atoms with Gasteiger partial charge in [-0.25, -0.2) is 4.79 Å². The lowest BCUT2D eigenvalue weighted by molar-refractivity contribution is -0.173. The standard InChI is InChI=1S/C14H20F3N3O2/c1-19-10(21)13(20(11(19)22)8-14(15,16)17)6-12(7-13)4-2-9(18)3-5-12/h9H,2-8,18H2,1H3. The summed E-state index contributed by atoms with van der Waals surface area (Å²) in [5.74, 6) is -0.498. The fourth-order valence-corrected chi connectivity index (χ4v) is 4.41. The van der Waals surface area contributed by atoms with Gasteiger partial charge in [-0.1, -0.05) is 0 Å². The van der Waals surface area contributed by atoms with Gasteiger partial charge < -0.3 is 10.6 Å². The number of halogens is 3. The van der Waals surface area contributed by atoms with Crippen LogP contribution in [-0.2, 0) is 4.79 Å². The van der Waals surface area contributed by atoms with Crippen LogP contribution < -0.4 is 5.73 Å². The predicted molar refractivity (Wildman–Crippen MR) is 71.8 cm³/mol. The van der Waals surface area contributed by atoms with Crippen LogP contribution in [0.3, 0.4) is 0 Å². The van der Waals surface area contributed by atoms with Crippen LogP contribution in [0.25, 0.3) is 0 Å². The third kappa shape index (κ3) is 2.19. The van der Waals surface area contributed by atoms with Crippen molar-refractivity contribution >= 4 is 11.9 Å². The van der Waals surface area contributed by atoms with Crippen molar-refractivity contribution in [1.82, 2.24) is 9.80 Å². The topological polar surface area (TPSA) is 66.6 Å². The third-order valence-corrected chi connectivity index (χ3v) is 5.50. The molecule has 124 valence electrons. The predicted octanol–water partition coefficient (Wildman–Crippen LogP) is 1.86. The zero-order valence-corrected chi connectivity index (χ0v) is 12.4. The van der Waals surface area contributed by atoms with Crippen molar-refractivity contribution in [2.75, 3.05) is 13.6 Å². The molecule has 3 rings (SSSR count). The molecule has 0 radical (unpaired) electrons. The maximum Gasteiger partial charge on any atom is 0.406 e. The minimum absolute atomic E-state index is 0.124. The Bertz CT molecular complexity index is 504. The lowest BCUT2D eigenvalue weighted by Gasteiger charge is -2.58. The Kier molecular flexibility index (Phi) is 3.25. The zero-order chi connectivity index (χ0) is 16.3. The van der Waals surface area contributed by atoms with E-state index in [1.54, 1.807) is 0 Å². The Balaban J connectivity index is 1.82. The molecule has 1 heterocycles. The Morgan fingerprint density at radius 3 is 2.27 bits per heavy atom. The van der Waals surface area contributed by atoms with Gasteiger partial charge in [0.15, 0.2) is 0 Å². The second kappa shape index (κ2) is 4.59. The molecule has 3 aliphatic rings. The Morgan fingerprint density at radius 2 is 1.77 bits per heavy atom. The number of nitrogens with zero attached hydrogens (tertiary/aromatic N) is 2. The fraction of sp³-hybridized carbons (Fsp3) is 0.857. The number of hydrogen-bond acceptors (Lipinski definition) is 3. The first kappa shape index (κ1) is 15.6. The van der Waals surface area contributed by atoms with E-state index in [0.29, 0.717) is 12.8 Å². The number of imide groups is 1. The van der Waals surface area contributed by atoms with E-state index >= 15 is 0 Å². The second-order valence-corrected chi connectivity index (χ2v) is 7.07.